The summed E-state index contributed by atoms with van der Waals surface area (Å²) in [5.74, 6) is 2.07. The molecule has 3 heterocycles. The second kappa shape index (κ2) is 6.94. The molecule has 2 unspecified atom stereocenters. The molecule has 1 amide bonds. The summed E-state index contributed by atoms with van der Waals surface area (Å²) in [5, 5.41) is 0. The number of piperidine rings is 1. The van der Waals surface area contributed by atoms with Crippen molar-refractivity contribution < 1.29 is 9.53 Å². The predicted octanol–water partition coefficient (Wildman–Crippen LogP) is 2.53. The molecule has 2 fully saturated rings. The molecular formula is C20H24N4O2. The van der Waals surface area contributed by atoms with Crippen LogP contribution in [0.1, 0.15) is 28.8 Å². The molecule has 1 aromatic carbocycles. The molecule has 0 aliphatic carbocycles. The second-order valence-corrected chi connectivity index (χ2v) is 7.09. The highest BCUT2D eigenvalue weighted by Gasteiger charge is 2.41. The Hall–Kier alpha value is -2.63. The molecule has 2 saturated heterocycles. The van der Waals surface area contributed by atoms with Gasteiger partial charge < -0.3 is 14.5 Å². The fraction of sp³-hybridized carbons (Fsp3) is 0.450. The number of amides is 1. The minimum atomic E-state index is 0.146. The molecule has 2 aromatic rings. The van der Waals surface area contributed by atoms with E-state index in [0.29, 0.717) is 17.6 Å². The first-order chi connectivity index (χ1) is 12.7. The number of hydrogen-bond donors (Lipinski definition) is 0. The number of anilines is 1. The highest BCUT2D eigenvalue weighted by atomic mass is 16.5. The van der Waals surface area contributed by atoms with Gasteiger partial charge in [-0.1, -0.05) is 18.2 Å². The minimum Gasteiger partial charge on any atom is -0.494 e. The fourth-order valence-corrected chi connectivity index (χ4v) is 4.12. The molecule has 136 valence electrons. The van der Waals surface area contributed by atoms with Gasteiger partial charge in [0.2, 0.25) is 5.95 Å². The topological polar surface area (TPSA) is 58.6 Å². The van der Waals surface area contributed by atoms with Crippen molar-refractivity contribution in [3.05, 3.63) is 47.8 Å². The van der Waals surface area contributed by atoms with E-state index in [1.807, 2.05) is 31.2 Å². The van der Waals surface area contributed by atoms with E-state index in [1.54, 1.807) is 19.5 Å². The fourth-order valence-electron chi connectivity index (χ4n) is 4.12. The van der Waals surface area contributed by atoms with Crippen LogP contribution in [-0.2, 0) is 0 Å². The third-order valence-corrected chi connectivity index (χ3v) is 5.63. The predicted molar refractivity (Wildman–Crippen MR) is 99.5 cm³/mol. The van der Waals surface area contributed by atoms with Gasteiger partial charge in [0.25, 0.3) is 5.91 Å². The van der Waals surface area contributed by atoms with Crippen molar-refractivity contribution in [1.29, 1.82) is 0 Å². The molecule has 0 bridgehead atoms. The number of carbonyl (C=O) groups is 1. The Kier molecular flexibility index (Phi) is 4.49. The molecule has 0 N–H and O–H groups in total. The van der Waals surface area contributed by atoms with Crippen molar-refractivity contribution in [2.45, 2.75) is 25.8 Å². The lowest BCUT2D eigenvalue weighted by molar-refractivity contribution is 0.0711. The SMILES string of the molecule is COc1cnc(N2CCC3CCN(C(=O)c4ccccc4C)C3C2)nc1. The molecular weight excluding hydrogens is 328 g/mol. The van der Waals surface area contributed by atoms with E-state index < -0.39 is 0 Å². The van der Waals surface area contributed by atoms with E-state index >= 15 is 0 Å². The molecule has 1 aromatic heterocycles. The Balaban J connectivity index is 1.53. The van der Waals surface area contributed by atoms with Crippen molar-refractivity contribution >= 4 is 11.9 Å². The van der Waals surface area contributed by atoms with Crippen LogP contribution in [-0.4, -0.2) is 53.6 Å². The molecule has 2 atom stereocenters. The van der Waals surface area contributed by atoms with Gasteiger partial charge >= 0.3 is 0 Å². The molecule has 0 radical (unpaired) electrons. The van der Waals surface area contributed by atoms with Crippen LogP contribution in [0.2, 0.25) is 0 Å². The van der Waals surface area contributed by atoms with E-state index in [2.05, 4.69) is 19.8 Å². The summed E-state index contributed by atoms with van der Waals surface area (Å²) in [6, 6.07) is 8.06. The molecule has 26 heavy (non-hydrogen) atoms. The van der Waals surface area contributed by atoms with Crippen molar-refractivity contribution in [1.82, 2.24) is 14.9 Å². The standard InChI is InChI=1S/C20H24N4O2/c1-14-5-3-4-6-17(14)19(25)24-10-8-15-7-9-23(13-18(15)24)20-21-11-16(26-2)12-22-20/h3-6,11-12,15,18H,7-10,13H2,1-2H3. The number of rotatable bonds is 3. The highest BCUT2D eigenvalue weighted by molar-refractivity contribution is 5.96. The third-order valence-electron chi connectivity index (χ3n) is 5.63. The van der Waals surface area contributed by atoms with Crippen LogP contribution in [0, 0.1) is 12.8 Å². The van der Waals surface area contributed by atoms with Crippen LogP contribution < -0.4 is 9.64 Å². The van der Waals surface area contributed by atoms with Crippen LogP contribution in [0.3, 0.4) is 0 Å². The molecule has 0 saturated carbocycles. The maximum atomic E-state index is 13.1. The van der Waals surface area contributed by atoms with Gasteiger partial charge in [0.15, 0.2) is 5.75 Å². The minimum absolute atomic E-state index is 0.146. The van der Waals surface area contributed by atoms with E-state index in [-0.39, 0.29) is 11.9 Å². The summed E-state index contributed by atoms with van der Waals surface area (Å²) in [7, 11) is 1.61. The van der Waals surface area contributed by atoms with Crippen LogP contribution in [0.5, 0.6) is 5.75 Å². The average molecular weight is 352 g/mol. The first-order valence-corrected chi connectivity index (χ1v) is 9.15. The monoisotopic (exact) mass is 352 g/mol. The summed E-state index contributed by atoms with van der Waals surface area (Å²) in [4.78, 5) is 26.2. The average Bonchev–Trinajstić information content (AvgIpc) is 3.11. The number of ether oxygens (including phenoxy) is 1. The van der Waals surface area contributed by atoms with Gasteiger partial charge in [-0.3, -0.25) is 4.79 Å². The van der Waals surface area contributed by atoms with Crippen molar-refractivity contribution in [3.8, 4) is 5.75 Å². The molecule has 0 spiro atoms. The van der Waals surface area contributed by atoms with Gasteiger partial charge in [-0.05, 0) is 37.3 Å². The zero-order valence-corrected chi connectivity index (χ0v) is 15.3. The van der Waals surface area contributed by atoms with Crippen molar-refractivity contribution in [2.75, 3.05) is 31.6 Å². The first kappa shape index (κ1) is 16.8. The van der Waals surface area contributed by atoms with Gasteiger partial charge in [-0.15, -0.1) is 0 Å². The number of methoxy groups -OCH3 is 1. The summed E-state index contributed by atoms with van der Waals surface area (Å²) in [6.07, 6.45) is 5.54. The number of likely N-dealkylation sites (tertiary alicyclic amines) is 1. The summed E-state index contributed by atoms with van der Waals surface area (Å²) < 4.78 is 5.14. The Morgan fingerprint density at radius 1 is 1.15 bits per heavy atom. The van der Waals surface area contributed by atoms with Crippen LogP contribution in [0.4, 0.5) is 5.95 Å². The second-order valence-electron chi connectivity index (χ2n) is 7.09. The van der Waals surface area contributed by atoms with Crippen molar-refractivity contribution in [2.24, 2.45) is 5.92 Å². The number of hydrogen-bond acceptors (Lipinski definition) is 5. The number of carbonyl (C=O) groups excluding carboxylic acids is 1. The van der Waals surface area contributed by atoms with Gasteiger partial charge in [-0.2, -0.15) is 0 Å². The quantitative estimate of drug-likeness (QED) is 0.850. The number of benzene rings is 1. The largest absolute Gasteiger partial charge is 0.494 e. The Morgan fingerprint density at radius 3 is 2.62 bits per heavy atom. The van der Waals surface area contributed by atoms with Gasteiger partial charge in [0.05, 0.1) is 25.5 Å². The smallest absolute Gasteiger partial charge is 0.254 e. The van der Waals surface area contributed by atoms with Crippen LogP contribution in [0.15, 0.2) is 36.7 Å². The lowest BCUT2D eigenvalue weighted by Crippen LogP contribution is -2.50. The summed E-state index contributed by atoms with van der Waals surface area (Å²) in [6.45, 7) is 4.55. The van der Waals surface area contributed by atoms with Gasteiger partial charge in [-0.25, -0.2) is 9.97 Å². The number of fused-ring (bicyclic) bond motifs is 1. The van der Waals surface area contributed by atoms with E-state index in [4.69, 9.17) is 4.74 Å². The summed E-state index contributed by atoms with van der Waals surface area (Å²) in [5.41, 5.74) is 1.85. The van der Waals surface area contributed by atoms with Gasteiger partial charge in [0.1, 0.15) is 0 Å². The lowest BCUT2D eigenvalue weighted by atomic mass is 9.92. The van der Waals surface area contributed by atoms with E-state index in [0.717, 1.165) is 43.6 Å². The van der Waals surface area contributed by atoms with Gasteiger partial charge in [0, 0.05) is 25.2 Å². The zero-order valence-electron chi connectivity index (χ0n) is 15.3. The van der Waals surface area contributed by atoms with Crippen LogP contribution in [0.25, 0.3) is 0 Å². The lowest BCUT2D eigenvalue weighted by Gasteiger charge is -2.38. The highest BCUT2D eigenvalue weighted by Crippen LogP contribution is 2.34. The molecule has 6 nitrogen and oxygen atoms in total. The van der Waals surface area contributed by atoms with E-state index in [1.165, 1.54) is 0 Å². The van der Waals surface area contributed by atoms with Crippen LogP contribution >= 0.6 is 0 Å². The molecule has 6 heteroatoms. The summed E-state index contributed by atoms with van der Waals surface area (Å²) >= 11 is 0. The number of aromatic nitrogens is 2. The Labute approximate surface area is 153 Å². The normalized spacial score (nSPS) is 22.2. The molecule has 2 aliphatic rings. The number of aryl methyl sites for hydroxylation is 1. The Morgan fingerprint density at radius 2 is 1.88 bits per heavy atom. The Bertz CT molecular complexity index is 793. The number of nitrogens with zero attached hydrogens (tertiary/aromatic N) is 4. The zero-order chi connectivity index (χ0) is 18.1. The molecule has 2 aliphatic heterocycles. The molecule has 4 rings (SSSR count). The van der Waals surface area contributed by atoms with E-state index in [9.17, 15) is 4.79 Å². The third kappa shape index (κ3) is 3.00. The maximum absolute atomic E-state index is 13.1. The first-order valence-electron chi connectivity index (χ1n) is 9.15. The van der Waals surface area contributed by atoms with Crippen molar-refractivity contribution in [3.63, 3.8) is 0 Å². The maximum Gasteiger partial charge on any atom is 0.254 e.